The molecule has 0 radical (unpaired) electrons. The third-order valence-electron chi connectivity index (χ3n) is 2.37. The third-order valence-corrected chi connectivity index (χ3v) is 3.28. The van der Waals surface area contributed by atoms with Gasteiger partial charge in [-0.15, -0.1) is 11.3 Å². The van der Waals surface area contributed by atoms with Crippen LogP contribution < -0.4 is 4.90 Å². The van der Waals surface area contributed by atoms with Gasteiger partial charge in [0.25, 0.3) is 0 Å². The van der Waals surface area contributed by atoms with Gasteiger partial charge in [0.15, 0.2) is 6.10 Å². The second kappa shape index (κ2) is 4.51. The molecule has 1 aliphatic heterocycles. The third kappa shape index (κ3) is 2.15. The molecule has 0 bridgehead atoms. The van der Waals surface area contributed by atoms with E-state index in [9.17, 15) is 4.79 Å². The minimum atomic E-state index is -0.915. The molecule has 1 aromatic heterocycles. The van der Waals surface area contributed by atoms with Crippen LogP contribution in [0.3, 0.4) is 0 Å². The van der Waals surface area contributed by atoms with E-state index in [1.54, 1.807) is 11.4 Å². The molecule has 0 saturated carbocycles. The number of morpholine rings is 1. The first-order valence-electron chi connectivity index (χ1n) is 4.78. The summed E-state index contributed by atoms with van der Waals surface area (Å²) in [5.74, 6) is -0.915. The first kappa shape index (κ1) is 10.9. The van der Waals surface area contributed by atoms with E-state index in [4.69, 9.17) is 15.1 Å². The number of aromatic carboxylic acids is 1. The van der Waals surface area contributed by atoms with Gasteiger partial charge in [0.1, 0.15) is 4.88 Å². The zero-order valence-corrected chi connectivity index (χ0v) is 9.24. The standard InChI is InChI=1S/C10H10N2O3S/c11-4-8-5-12(1-2-15-8)7-3-9(10(13)14)16-6-7/h3,6,8H,1-2,5H2,(H,13,14). The lowest BCUT2D eigenvalue weighted by Crippen LogP contribution is -2.41. The van der Waals surface area contributed by atoms with Gasteiger partial charge in [-0.1, -0.05) is 0 Å². The van der Waals surface area contributed by atoms with E-state index in [0.717, 1.165) is 5.69 Å². The number of anilines is 1. The maximum Gasteiger partial charge on any atom is 0.345 e. The molecule has 0 spiro atoms. The summed E-state index contributed by atoms with van der Waals surface area (Å²) in [7, 11) is 0. The monoisotopic (exact) mass is 238 g/mol. The highest BCUT2D eigenvalue weighted by molar-refractivity contribution is 7.12. The molecule has 5 nitrogen and oxygen atoms in total. The van der Waals surface area contributed by atoms with E-state index in [0.29, 0.717) is 24.6 Å². The van der Waals surface area contributed by atoms with E-state index in [1.165, 1.54) is 11.3 Å². The van der Waals surface area contributed by atoms with Crippen molar-refractivity contribution < 1.29 is 14.6 Å². The lowest BCUT2D eigenvalue weighted by molar-refractivity contribution is 0.0702. The zero-order chi connectivity index (χ0) is 11.5. The summed E-state index contributed by atoms with van der Waals surface area (Å²) in [4.78, 5) is 13.0. The summed E-state index contributed by atoms with van der Waals surface area (Å²) in [5, 5.41) is 19.4. The molecule has 6 heteroatoms. The number of rotatable bonds is 2. The largest absolute Gasteiger partial charge is 0.477 e. The Morgan fingerprint density at radius 2 is 2.56 bits per heavy atom. The van der Waals surface area contributed by atoms with Crippen molar-refractivity contribution in [2.45, 2.75) is 6.10 Å². The van der Waals surface area contributed by atoms with Crippen LogP contribution in [0.15, 0.2) is 11.4 Å². The highest BCUT2D eigenvalue weighted by atomic mass is 32.1. The fourth-order valence-electron chi connectivity index (χ4n) is 1.57. The van der Waals surface area contributed by atoms with Crippen LogP contribution in [0.4, 0.5) is 5.69 Å². The van der Waals surface area contributed by atoms with Gasteiger partial charge in [0, 0.05) is 17.6 Å². The van der Waals surface area contributed by atoms with Crippen molar-refractivity contribution >= 4 is 23.0 Å². The van der Waals surface area contributed by atoms with Crippen LogP contribution in [0.2, 0.25) is 0 Å². The normalized spacial score (nSPS) is 20.4. The summed E-state index contributed by atoms with van der Waals surface area (Å²) >= 11 is 1.20. The molecule has 0 amide bonds. The second-order valence-corrected chi connectivity index (χ2v) is 4.32. The SMILES string of the molecule is N#CC1CN(c2csc(C(=O)O)c2)CCO1. The molecular formula is C10H10N2O3S. The lowest BCUT2D eigenvalue weighted by Gasteiger charge is -2.30. The fourth-order valence-corrected chi connectivity index (χ4v) is 2.32. The van der Waals surface area contributed by atoms with E-state index in [1.807, 2.05) is 4.90 Å². The van der Waals surface area contributed by atoms with E-state index in [2.05, 4.69) is 6.07 Å². The number of thiophene rings is 1. The van der Waals surface area contributed by atoms with Crippen LogP contribution in [0.25, 0.3) is 0 Å². The van der Waals surface area contributed by atoms with Gasteiger partial charge < -0.3 is 14.7 Å². The molecule has 2 heterocycles. The van der Waals surface area contributed by atoms with Gasteiger partial charge in [-0.3, -0.25) is 0 Å². The number of carboxylic acids is 1. The van der Waals surface area contributed by atoms with Crippen molar-refractivity contribution in [3.05, 3.63) is 16.3 Å². The number of nitriles is 1. The van der Waals surface area contributed by atoms with Crippen molar-refractivity contribution in [2.75, 3.05) is 24.6 Å². The van der Waals surface area contributed by atoms with Crippen molar-refractivity contribution in [3.8, 4) is 6.07 Å². The second-order valence-electron chi connectivity index (χ2n) is 3.41. The van der Waals surface area contributed by atoms with Crippen LogP contribution in [0, 0.1) is 11.3 Å². The van der Waals surface area contributed by atoms with Gasteiger partial charge in [0.05, 0.1) is 19.2 Å². The fraction of sp³-hybridized carbons (Fsp3) is 0.400. The molecule has 1 fully saturated rings. The minimum absolute atomic E-state index is 0.315. The molecule has 1 unspecified atom stereocenters. The van der Waals surface area contributed by atoms with Crippen LogP contribution >= 0.6 is 11.3 Å². The maximum absolute atomic E-state index is 10.7. The molecule has 0 aliphatic carbocycles. The summed E-state index contributed by atoms with van der Waals surface area (Å²) < 4.78 is 5.22. The highest BCUT2D eigenvalue weighted by Gasteiger charge is 2.21. The van der Waals surface area contributed by atoms with Crippen molar-refractivity contribution in [1.29, 1.82) is 5.26 Å². The Balaban J connectivity index is 2.11. The molecule has 84 valence electrons. The smallest absolute Gasteiger partial charge is 0.345 e. The first-order valence-corrected chi connectivity index (χ1v) is 5.66. The quantitative estimate of drug-likeness (QED) is 0.837. The van der Waals surface area contributed by atoms with Gasteiger partial charge in [0.2, 0.25) is 0 Å². The van der Waals surface area contributed by atoms with E-state index < -0.39 is 12.1 Å². The summed E-state index contributed by atoms with van der Waals surface area (Å²) in [6.45, 7) is 1.68. The Bertz CT molecular complexity index is 438. The molecule has 0 aromatic carbocycles. The number of carboxylic acid groups (broad SMARTS) is 1. The van der Waals surface area contributed by atoms with E-state index in [-0.39, 0.29) is 0 Å². The summed E-state index contributed by atoms with van der Waals surface area (Å²) in [6.07, 6.45) is -0.429. The lowest BCUT2D eigenvalue weighted by atomic mass is 10.2. The summed E-state index contributed by atoms with van der Waals surface area (Å²) in [6, 6.07) is 3.69. The Morgan fingerprint density at radius 1 is 1.75 bits per heavy atom. The summed E-state index contributed by atoms with van der Waals surface area (Å²) in [5.41, 5.74) is 0.853. The first-order chi connectivity index (χ1) is 7.70. The average Bonchev–Trinajstić information content (AvgIpc) is 2.78. The predicted molar refractivity (Wildman–Crippen MR) is 58.8 cm³/mol. The van der Waals surface area contributed by atoms with Gasteiger partial charge in [-0.2, -0.15) is 5.26 Å². The van der Waals surface area contributed by atoms with Crippen LogP contribution in [0.1, 0.15) is 9.67 Å². The molecular weight excluding hydrogens is 228 g/mol. The van der Waals surface area contributed by atoms with Crippen molar-refractivity contribution in [3.63, 3.8) is 0 Å². The van der Waals surface area contributed by atoms with Crippen LogP contribution in [0.5, 0.6) is 0 Å². The Morgan fingerprint density at radius 3 is 3.19 bits per heavy atom. The highest BCUT2D eigenvalue weighted by Crippen LogP contribution is 2.24. The molecule has 1 aromatic rings. The maximum atomic E-state index is 10.7. The van der Waals surface area contributed by atoms with E-state index >= 15 is 0 Å². The van der Waals surface area contributed by atoms with Gasteiger partial charge in [-0.05, 0) is 6.07 Å². The van der Waals surface area contributed by atoms with Crippen molar-refractivity contribution in [2.24, 2.45) is 0 Å². The number of ether oxygens (including phenoxy) is 1. The Labute approximate surface area is 96.5 Å². The minimum Gasteiger partial charge on any atom is -0.477 e. The Hall–Kier alpha value is -1.58. The molecule has 1 saturated heterocycles. The molecule has 1 atom stereocenters. The van der Waals surface area contributed by atoms with Crippen LogP contribution in [-0.2, 0) is 4.74 Å². The number of carbonyl (C=O) groups is 1. The molecule has 1 N–H and O–H groups in total. The Kier molecular flexibility index (Phi) is 3.08. The number of nitrogens with zero attached hydrogens (tertiary/aromatic N) is 2. The van der Waals surface area contributed by atoms with Gasteiger partial charge >= 0.3 is 5.97 Å². The molecule has 16 heavy (non-hydrogen) atoms. The number of hydrogen-bond donors (Lipinski definition) is 1. The van der Waals surface area contributed by atoms with Crippen LogP contribution in [-0.4, -0.2) is 36.9 Å². The average molecular weight is 238 g/mol. The topological polar surface area (TPSA) is 73.6 Å². The predicted octanol–water partition coefficient (Wildman–Crippen LogP) is 1.18. The molecule has 2 rings (SSSR count). The molecule has 1 aliphatic rings. The van der Waals surface area contributed by atoms with Crippen molar-refractivity contribution in [1.82, 2.24) is 0 Å². The van der Waals surface area contributed by atoms with Gasteiger partial charge in [-0.25, -0.2) is 4.79 Å². The zero-order valence-electron chi connectivity index (χ0n) is 8.42. The number of hydrogen-bond acceptors (Lipinski definition) is 5.